The highest BCUT2D eigenvalue weighted by molar-refractivity contribution is 6.09. The van der Waals surface area contributed by atoms with Gasteiger partial charge in [0.1, 0.15) is 28.9 Å². The number of ether oxygens (including phenoxy) is 3. The van der Waals surface area contributed by atoms with Crippen molar-refractivity contribution < 1.29 is 36.6 Å². The molecule has 0 aliphatic carbocycles. The first-order valence-electron chi connectivity index (χ1n) is 7.93. The van der Waals surface area contributed by atoms with Crippen molar-refractivity contribution in [2.24, 2.45) is 0 Å². The minimum atomic E-state index is -3.26. The maximum Gasteiger partial charge on any atom is 0.387 e. The van der Waals surface area contributed by atoms with Crippen LogP contribution in [-0.4, -0.2) is 26.2 Å². The third-order valence-electron chi connectivity index (χ3n) is 3.42. The fourth-order valence-electron chi connectivity index (χ4n) is 2.21. The average Bonchev–Trinajstić information content (AvgIpc) is 2.66. The van der Waals surface area contributed by atoms with Crippen molar-refractivity contribution in [3.05, 3.63) is 53.6 Å². The molecule has 0 unspecified atom stereocenters. The number of amides is 1. The number of anilines is 1. The topological polar surface area (TPSA) is 80.6 Å². The molecule has 0 bridgehead atoms. The van der Waals surface area contributed by atoms with Gasteiger partial charge in [-0.15, -0.1) is 0 Å². The van der Waals surface area contributed by atoms with Gasteiger partial charge in [-0.1, -0.05) is 6.07 Å². The fraction of sp³-hybridized carbons (Fsp3) is 0.158. The smallest absolute Gasteiger partial charge is 0.387 e. The Bertz CT molecular complexity index is 942. The van der Waals surface area contributed by atoms with E-state index >= 15 is 0 Å². The molecule has 0 saturated heterocycles. The number of hydrogen-bond acceptors (Lipinski definition) is 5. The second-order valence-electron chi connectivity index (χ2n) is 5.31. The molecule has 10 heteroatoms. The van der Waals surface area contributed by atoms with Crippen LogP contribution in [0.2, 0.25) is 0 Å². The lowest BCUT2D eigenvalue weighted by molar-refractivity contribution is -0.112. The zero-order valence-corrected chi connectivity index (χ0v) is 14.9. The van der Waals surface area contributed by atoms with Gasteiger partial charge in [-0.2, -0.15) is 22.8 Å². The highest BCUT2D eigenvalue weighted by Gasteiger charge is 2.16. The molecule has 0 atom stereocenters. The molecule has 0 fully saturated rings. The highest BCUT2D eigenvalue weighted by Crippen LogP contribution is 2.29. The summed E-state index contributed by atoms with van der Waals surface area (Å²) in [6.45, 7) is -6.43. The lowest BCUT2D eigenvalue weighted by Gasteiger charge is -2.11. The van der Waals surface area contributed by atoms with Crippen molar-refractivity contribution >= 4 is 17.7 Å². The second-order valence-corrected chi connectivity index (χ2v) is 5.31. The molecule has 1 amide bonds. The van der Waals surface area contributed by atoms with E-state index in [2.05, 4.69) is 14.8 Å². The molecular weight excluding hydrogens is 396 g/mol. The highest BCUT2D eigenvalue weighted by atomic mass is 19.3. The lowest BCUT2D eigenvalue weighted by atomic mass is 10.1. The number of nitrogens with one attached hydrogen (secondary N) is 1. The number of methoxy groups -OCH3 is 1. The summed E-state index contributed by atoms with van der Waals surface area (Å²) in [5.41, 5.74) is -0.209. The van der Waals surface area contributed by atoms with E-state index in [9.17, 15) is 27.6 Å². The van der Waals surface area contributed by atoms with Crippen molar-refractivity contribution in [2.45, 2.75) is 13.2 Å². The lowest BCUT2D eigenvalue weighted by Crippen LogP contribution is -2.13. The molecule has 1 N–H and O–H groups in total. The number of rotatable bonds is 8. The minimum Gasteiger partial charge on any atom is -0.497 e. The third-order valence-corrected chi connectivity index (χ3v) is 3.42. The standard InChI is InChI=1S/C19H14F4N2O4/c1-27-14-4-2-3-13(8-14)25-17(26)12(10-24)7-11-5-6-15(28-18(20)21)9-16(11)29-19(22)23/h2-9,18-19H,1H3,(H,25,26)/b12-7+. The van der Waals surface area contributed by atoms with E-state index in [1.807, 2.05) is 0 Å². The number of hydrogen-bond donors (Lipinski definition) is 1. The normalized spacial score (nSPS) is 11.2. The van der Waals surface area contributed by atoms with Crippen molar-refractivity contribution in [2.75, 3.05) is 12.4 Å². The van der Waals surface area contributed by atoms with Gasteiger partial charge >= 0.3 is 13.2 Å². The molecule has 152 valence electrons. The van der Waals surface area contributed by atoms with Crippen LogP contribution in [0, 0.1) is 11.3 Å². The summed E-state index contributed by atoms with van der Waals surface area (Å²) in [7, 11) is 1.44. The van der Waals surface area contributed by atoms with Crippen LogP contribution in [0.5, 0.6) is 17.2 Å². The second kappa shape index (κ2) is 9.98. The summed E-state index contributed by atoms with van der Waals surface area (Å²) in [5, 5.41) is 11.7. The van der Waals surface area contributed by atoms with E-state index in [1.165, 1.54) is 13.2 Å². The Morgan fingerprint density at radius 3 is 2.41 bits per heavy atom. The SMILES string of the molecule is COc1cccc(NC(=O)/C(C#N)=C/c2ccc(OC(F)F)cc2OC(F)F)c1. The van der Waals surface area contributed by atoms with Crippen LogP contribution in [0.1, 0.15) is 5.56 Å². The Morgan fingerprint density at radius 1 is 1.07 bits per heavy atom. The van der Waals surface area contributed by atoms with E-state index in [4.69, 9.17) is 4.74 Å². The molecule has 0 spiro atoms. The Balaban J connectivity index is 2.32. The molecule has 0 aromatic heterocycles. The number of halogens is 4. The Hall–Kier alpha value is -3.74. The first-order valence-corrected chi connectivity index (χ1v) is 7.93. The summed E-state index contributed by atoms with van der Waals surface area (Å²) in [6.07, 6.45) is 0.985. The van der Waals surface area contributed by atoms with Crippen molar-refractivity contribution in [3.63, 3.8) is 0 Å². The summed E-state index contributed by atoms with van der Waals surface area (Å²) in [4.78, 5) is 12.3. The number of carbonyl (C=O) groups is 1. The number of benzene rings is 2. The third kappa shape index (κ3) is 6.42. The zero-order valence-electron chi connectivity index (χ0n) is 14.9. The average molecular weight is 410 g/mol. The first kappa shape index (κ1) is 21.6. The van der Waals surface area contributed by atoms with Gasteiger partial charge in [-0.3, -0.25) is 4.79 Å². The number of nitrogens with zero attached hydrogens (tertiary/aromatic N) is 1. The van der Waals surface area contributed by atoms with E-state index in [1.54, 1.807) is 24.3 Å². The Labute approximate surface area is 162 Å². The maximum atomic E-state index is 12.6. The van der Waals surface area contributed by atoms with Crippen LogP contribution in [0.3, 0.4) is 0 Å². The molecule has 2 aromatic rings. The molecule has 2 rings (SSSR count). The molecule has 2 aromatic carbocycles. The van der Waals surface area contributed by atoms with E-state index < -0.39 is 36.2 Å². The van der Waals surface area contributed by atoms with Gasteiger partial charge < -0.3 is 19.5 Å². The van der Waals surface area contributed by atoms with Gasteiger partial charge in [0.2, 0.25) is 0 Å². The minimum absolute atomic E-state index is 0.107. The molecule has 0 heterocycles. The van der Waals surface area contributed by atoms with Crippen LogP contribution < -0.4 is 19.5 Å². The van der Waals surface area contributed by atoms with Gasteiger partial charge in [-0.25, -0.2) is 0 Å². The number of carbonyl (C=O) groups excluding carboxylic acids is 1. The van der Waals surface area contributed by atoms with E-state index in [0.29, 0.717) is 11.4 Å². The van der Waals surface area contributed by atoms with Crippen molar-refractivity contribution in [1.29, 1.82) is 5.26 Å². The fourth-order valence-corrected chi connectivity index (χ4v) is 2.21. The largest absolute Gasteiger partial charge is 0.497 e. The molecular formula is C19H14F4N2O4. The van der Waals surface area contributed by atoms with Gasteiger partial charge in [0.25, 0.3) is 5.91 Å². The molecule has 6 nitrogen and oxygen atoms in total. The van der Waals surface area contributed by atoms with Crippen LogP contribution in [-0.2, 0) is 4.79 Å². The predicted molar refractivity (Wildman–Crippen MR) is 94.9 cm³/mol. The Kier molecular flexibility index (Phi) is 7.42. The molecule has 0 aliphatic heterocycles. The first-order chi connectivity index (χ1) is 13.8. The summed E-state index contributed by atoms with van der Waals surface area (Å²) in [6, 6.07) is 10.9. The van der Waals surface area contributed by atoms with Crippen LogP contribution >= 0.6 is 0 Å². The van der Waals surface area contributed by atoms with Crippen LogP contribution in [0.4, 0.5) is 23.2 Å². The molecule has 0 radical (unpaired) electrons. The van der Waals surface area contributed by atoms with Gasteiger partial charge in [0.15, 0.2) is 0 Å². The summed E-state index contributed by atoms with van der Waals surface area (Å²) in [5.74, 6) is -1.32. The van der Waals surface area contributed by atoms with Crippen LogP contribution in [0.25, 0.3) is 6.08 Å². The van der Waals surface area contributed by atoms with Gasteiger partial charge in [-0.05, 0) is 30.3 Å². The van der Waals surface area contributed by atoms with Gasteiger partial charge in [0, 0.05) is 23.4 Å². The zero-order chi connectivity index (χ0) is 21.4. The summed E-state index contributed by atoms with van der Waals surface area (Å²) < 4.78 is 63.4. The van der Waals surface area contributed by atoms with E-state index in [-0.39, 0.29) is 5.56 Å². The van der Waals surface area contributed by atoms with Crippen molar-refractivity contribution in [3.8, 4) is 23.3 Å². The monoisotopic (exact) mass is 410 g/mol. The van der Waals surface area contributed by atoms with Crippen molar-refractivity contribution in [1.82, 2.24) is 0 Å². The van der Waals surface area contributed by atoms with Crippen LogP contribution in [0.15, 0.2) is 48.0 Å². The number of alkyl halides is 4. The number of nitriles is 1. The predicted octanol–water partition coefficient (Wildman–Crippen LogP) is 4.44. The molecule has 0 aliphatic rings. The Morgan fingerprint density at radius 2 is 1.79 bits per heavy atom. The molecule has 0 saturated carbocycles. The quantitative estimate of drug-likeness (QED) is 0.395. The molecule has 29 heavy (non-hydrogen) atoms. The summed E-state index contributed by atoms with van der Waals surface area (Å²) >= 11 is 0. The van der Waals surface area contributed by atoms with E-state index in [0.717, 1.165) is 24.3 Å². The maximum absolute atomic E-state index is 12.6. The van der Waals surface area contributed by atoms with Gasteiger partial charge in [0.05, 0.1) is 7.11 Å².